The second kappa shape index (κ2) is 13.9. The lowest BCUT2D eigenvalue weighted by molar-refractivity contribution is -0.966. The molecule has 8 rings (SSSR count). The summed E-state index contributed by atoms with van der Waals surface area (Å²) in [6, 6.07) is 37.9. The molecule has 0 N–H and O–H groups in total. The maximum Gasteiger partial charge on any atom is 0.136 e. The van der Waals surface area contributed by atoms with Gasteiger partial charge in [0, 0.05) is 22.3 Å². The Labute approximate surface area is 311 Å². The van der Waals surface area contributed by atoms with E-state index in [1.807, 2.05) is 48.5 Å². The minimum atomic E-state index is 0.819. The number of quaternary nitrogens is 1. The van der Waals surface area contributed by atoms with Gasteiger partial charge >= 0.3 is 0 Å². The molecule has 0 amide bonds. The van der Waals surface area contributed by atoms with Crippen LogP contribution >= 0.6 is 0 Å². The van der Waals surface area contributed by atoms with E-state index in [9.17, 15) is 0 Å². The molecule has 1 spiro atoms. The van der Waals surface area contributed by atoms with E-state index < -0.39 is 0 Å². The van der Waals surface area contributed by atoms with Crippen molar-refractivity contribution in [2.75, 3.05) is 42.7 Å². The highest BCUT2D eigenvalue weighted by Crippen LogP contribution is 2.54. The highest BCUT2D eigenvalue weighted by atomic mass is 16.5. The summed E-state index contributed by atoms with van der Waals surface area (Å²) >= 11 is 0. The normalized spacial score (nSPS) is 13.7. The van der Waals surface area contributed by atoms with Gasteiger partial charge < -0.3 is 32.9 Å². The first-order valence-electron chi connectivity index (χ1n) is 17.8. The molecule has 0 radical (unpaired) electrons. The van der Waals surface area contributed by atoms with Gasteiger partial charge in [0.15, 0.2) is 0 Å². The number of nitrogens with zero attached hydrogens (tertiary/aromatic N) is 1. The van der Waals surface area contributed by atoms with E-state index in [1.54, 1.807) is 42.7 Å². The third kappa shape index (κ3) is 6.01. The molecule has 268 valence electrons. The molecule has 0 bridgehead atoms. The van der Waals surface area contributed by atoms with E-state index in [-0.39, 0.29) is 0 Å². The van der Waals surface area contributed by atoms with Gasteiger partial charge in [0.2, 0.25) is 0 Å². The number of hydrogen-bond donors (Lipinski definition) is 0. The second-order valence-electron chi connectivity index (χ2n) is 13.8. The van der Waals surface area contributed by atoms with Gasteiger partial charge in [-0.2, -0.15) is 0 Å². The predicted octanol–water partition coefficient (Wildman–Crippen LogP) is 9.95. The van der Waals surface area contributed by atoms with Crippen molar-refractivity contribution in [3.8, 4) is 79.0 Å². The van der Waals surface area contributed by atoms with Crippen LogP contribution in [0.4, 0.5) is 0 Å². The number of hydrogen-bond acceptors (Lipinski definition) is 6. The van der Waals surface area contributed by atoms with Crippen LogP contribution in [0, 0.1) is 0 Å². The van der Waals surface area contributed by atoms with Gasteiger partial charge in [-0.15, -0.1) is 0 Å². The number of ether oxygens (including phenoxy) is 6. The van der Waals surface area contributed by atoms with Gasteiger partial charge in [0.25, 0.3) is 0 Å². The lowest BCUT2D eigenvalue weighted by Crippen LogP contribution is -2.36. The number of fused-ring (bicyclic) bond motifs is 2. The van der Waals surface area contributed by atoms with Gasteiger partial charge in [-0.3, -0.25) is 0 Å². The van der Waals surface area contributed by atoms with Crippen molar-refractivity contribution in [3.63, 3.8) is 0 Å². The summed E-state index contributed by atoms with van der Waals surface area (Å²) in [5.41, 5.74) is 14.1. The molecular formula is C46H44NO6+. The molecular weight excluding hydrogens is 663 g/mol. The summed E-state index contributed by atoms with van der Waals surface area (Å²) in [5.74, 6) is 5.15. The van der Waals surface area contributed by atoms with Crippen molar-refractivity contribution < 1.29 is 32.9 Å². The lowest BCUT2D eigenvalue weighted by atomic mass is 9.90. The average Bonchev–Trinajstić information content (AvgIpc) is 3.78. The Morgan fingerprint density at radius 1 is 0.321 bits per heavy atom. The molecule has 0 saturated heterocycles. The van der Waals surface area contributed by atoms with Crippen LogP contribution < -0.4 is 28.4 Å². The maximum absolute atomic E-state index is 6.35. The van der Waals surface area contributed by atoms with Gasteiger partial charge in [-0.05, 0) is 94.0 Å². The fourth-order valence-corrected chi connectivity index (χ4v) is 8.38. The minimum absolute atomic E-state index is 0.819. The Morgan fingerprint density at radius 3 is 0.849 bits per heavy atom. The zero-order chi connectivity index (χ0) is 36.7. The Hall–Kier alpha value is -5.92. The molecule has 7 nitrogen and oxygen atoms in total. The molecule has 6 aromatic rings. The van der Waals surface area contributed by atoms with Crippen LogP contribution in [0.25, 0.3) is 44.5 Å². The van der Waals surface area contributed by atoms with E-state index in [0.717, 1.165) is 98.5 Å². The predicted molar refractivity (Wildman–Crippen MR) is 209 cm³/mol. The first kappa shape index (κ1) is 34.2. The maximum atomic E-state index is 6.35. The smallest absolute Gasteiger partial charge is 0.136 e. The third-order valence-electron chi connectivity index (χ3n) is 11.0. The van der Waals surface area contributed by atoms with Crippen LogP contribution in [0.1, 0.15) is 22.3 Å². The summed E-state index contributed by atoms with van der Waals surface area (Å²) in [5, 5.41) is 0. The summed E-state index contributed by atoms with van der Waals surface area (Å²) < 4.78 is 35.6. The molecule has 2 aliphatic rings. The van der Waals surface area contributed by atoms with Crippen molar-refractivity contribution in [2.45, 2.75) is 26.2 Å². The van der Waals surface area contributed by atoms with E-state index in [2.05, 4.69) is 60.7 Å². The Balaban J connectivity index is 1.29. The zero-order valence-corrected chi connectivity index (χ0v) is 31.1. The average molecular weight is 707 g/mol. The summed E-state index contributed by atoms with van der Waals surface area (Å²) in [4.78, 5) is 0. The number of benzene rings is 6. The van der Waals surface area contributed by atoms with Crippen LogP contribution in [-0.2, 0) is 26.2 Å². The molecule has 6 aromatic carbocycles. The van der Waals surface area contributed by atoms with Crippen molar-refractivity contribution in [2.24, 2.45) is 0 Å². The van der Waals surface area contributed by atoms with Gasteiger partial charge in [-0.1, -0.05) is 48.5 Å². The SMILES string of the molecule is COc1ccc(-c2cc(-c3ccc(OC)cc3)c(OC)c3c2C[N+]2(Cc4c(-c5ccc(OC)cc5)cc(-c5ccc(OC)cc5)c(OC)c4C2)C3)cc1. The number of rotatable bonds is 10. The standard InChI is InChI=1S/C46H44NO6/c1-48-33-15-7-29(8-16-33)37-23-39(31-11-19-35(50-3)20-12-31)45(52-5)43-27-47(25-41(37)43)26-42-38(30-9-17-34(49-2)18-10-30)24-40(46(53-6)44(42)28-47)32-13-21-36(51-4)22-14-32/h7-24H,25-28H2,1-6H3/q+1. The van der Waals surface area contributed by atoms with Crippen molar-refractivity contribution >= 4 is 0 Å². The zero-order valence-electron chi connectivity index (χ0n) is 31.1. The first-order valence-corrected chi connectivity index (χ1v) is 17.8. The van der Waals surface area contributed by atoms with Gasteiger partial charge in [0.05, 0.1) is 53.8 Å². The largest absolute Gasteiger partial charge is 0.497 e. The molecule has 0 aliphatic carbocycles. The quantitative estimate of drug-likeness (QED) is 0.132. The Kier molecular flexibility index (Phi) is 8.96. The van der Waals surface area contributed by atoms with Crippen molar-refractivity contribution in [1.29, 1.82) is 0 Å². The molecule has 7 heteroatoms. The number of methoxy groups -OCH3 is 6. The molecule has 53 heavy (non-hydrogen) atoms. The molecule has 2 heterocycles. The van der Waals surface area contributed by atoms with E-state index in [1.165, 1.54) is 33.4 Å². The van der Waals surface area contributed by atoms with Crippen LogP contribution in [0.5, 0.6) is 34.5 Å². The van der Waals surface area contributed by atoms with Gasteiger partial charge in [0.1, 0.15) is 60.7 Å². The fourth-order valence-electron chi connectivity index (χ4n) is 8.38. The Morgan fingerprint density at radius 2 is 0.585 bits per heavy atom. The van der Waals surface area contributed by atoms with E-state index in [0.29, 0.717) is 0 Å². The van der Waals surface area contributed by atoms with E-state index in [4.69, 9.17) is 28.4 Å². The second-order valence-corrected chi connectivity index (χ2v) is 13.8. The molecule has 0 saturated carbocycles. The molecule has 2 aliphatic heterocycles. The monoisotopic (exact) mass is 706 g/mol. The van der Waals surface area contributed by atoms with E-state index >= 15 is 0 Å². The van der Waals surface area contributed by atoms with Crippen LogP contribution in [0.15, 0.2) is 109 Å². The Bertz CT molecular complexity index is 2110. The molecule has 0 fully saturated rings. The first-order chi connectivity index (χ1) is 25.9. The fraction of sp³-hybridized carbons (Fsp3) is 0.217. The van der Waals surface area contributed by atoms with Crippen molar-refractivity contribution in [1.82, 2.24) is 0 Å². The lowest BCUT2D eigenvalue weighted by Gasteiger charge is -2.29. The summed E-state index contributed by atoms with van der Waals surface area (Å²) in [6.07, 6.45) is 0. The highest BCUT2D eigenvalue weighted by Gasteiger charge is 2.47. The topological polar surface area (TPSA) is 55.4 Å². The van der Waals surface area contributed by atoms with Crippen molar-refractivity contribution in [3.05, 3.63) is 131 Å². The van der Waals surface area contributed by atoms with Crippen LogP contribution in [0.2, 0.25) is 0 Å². The summed E-state index contributed by atoms with van der Waals surface area (Å²) in [6.45, 7) is 3.36. The van der Waals surface area contributed by atoms with Crippen LogP contribution in [0.3, 0.4) is 0 Å². The molecule has 0 atom stereocenters. The molecule has 0 aromatic heterocycles. The van der Waals surface area contributed by atoms with Crippen LogP contribution in [-0.4, -0.2) is 47.1 Å². The third-order valence-corrected chi connectivity index (χ3v) is 11.0. The molecule has 0 unspecified atom stereocenters. The minimum Gasteiger partial charge on any atom is -0.497 e. The summed E-state index contributed by atoms with van der Waals surface area (Å²) in [7, 11) is 10.4. The van der Waals surface area contributed by atoms with Gasteiger partial charge in [-0.25, -0.2) is 0 Å². The highest BCUT2D eigenvalue weighted by molar-refractivity contribution is 5.85.